The molecule has 0 spiro atoms. The van der Waals surface area contributed by atoms with Crippen LogP contribution >= 0.6 is 0 Å². The van der Waals surface area contributed by atoms with E-state index in [-0.39, 0.29) is 29.4 Å². The third kappa shape index (κ3) is 5.64. The van der Waals surface area contributed by atoms with Crippen molar-refractivity contribution in [2.45, 2.75) is 18.7 Å². The lowest BCUT2D eigenvalue weighted by molar-refractivity contribution is 0.0946. The van der Waals surface area contributed by atoms with E-state index in [2.05, 4.69) is 5.32 Å². The number of carbonyl (C=O) groups excluding carboxylic acids is 1. The van der Waals surface area contributed by atoms with Gasteiger partial charge in [-0.1, -0.05) is 19.9 Å². The van der Waals surface area contributed by atoms with Gasteiger partial charge < -0.3 is 19.5 Å². The predicted octanol–water partition coefficient (Wildman–Crippen LogP) is 2.54. The van der Waals surface area contributed by atoms with Gasteiger partial charge in [0.2, 0.25) is 10.0 Å². The molecule has 0 aliphatic heterocycles. The maximum absolute atomic E-state index is 12.9. The van der Waals surface area contributed by atoms with E-state index in [1.165, 1.54) is 29.6 Å². The first-order chi connectivity index (χ1) is 14.4. The van der Waals surface area contributed by atoms with Crippen LogP contribution in [0, 0.1) is 0 Å². The fourth-order valence-electron chi connectivity index (χ4n) is 2.85. The van der Waals surface area contributed by atoms with E-state index in [4.69, 9.17) is 14.2 Å². The monoisotopic (exact) mass is 436 g/mol. The normalized spacial score (nSPS) is 11.2. The van der Waals surface area contributed by atoms with E-state index in [1.54, 1.807) is 33.1 Å². The summed E-state index contributed by atoms with van der Waals surface area (Å²) in [7, 11) is -0.809. The first-order valence-electron chi connectivity index (χ1n) is 9.60. The molecule has 2 aromatic rings. The Morgan fingerprint density at radius 1 is 1.00 bits per heavy atom. The quantitative estimate of drug-likeness (QED) is 0.544. The van der Waals surface area contributed by atoms with Crippen LogP contribution in [0.15, 0.2) is 47.4 Å². The predicted molar refractivity (Wildman–Crippen MR) is 114 cm³/mol. The van der Waals surface area contributed by atoms with Gasteiger partial charge in [-0.15, -0.1) is 0 Å². The van der Waals surface area contributed by atoms with Crippen molar-refractivity contribution in [3.8, 4) is 17.2 Å². The highest BCUT2D eigenvalue weighted by Crippen LogP contribution is 2.28. The second-order valence-corrected chi connectivity index (χ2v) is 8.14. The maximum Gasteiger partial charge on any atom is 0.251 e. The molecule has 0 fully saturated rings. The lowest BCUT2D eigenvalue weighted by Gasteiger charge is -2.20. The van der Waals surface area contributed by atoms with Gasteiger partial charge in [-0.25, -0.2) is 8.42 Å². The van der Waals surface area contributed by atoms with E-state index in [1.807, 2.05) is 12.1 Å². The number of hydrogen-bond acceptors (Lipinski definition) is 6. The van der Waals surface area contributed by atoms with Crippen LogP contribution in [0.3, 0.4) is 0 Å². The van der Waals surface area contributed by atoms with Crippen molar-refractivity contribution in [1.82, 2.24) is 9.62 Å². The van der Waals surface area contributed by atoms with E-state index in [0.29, 0.717) is 24.6 Å². The van der Waals surface area contributed by atoms with Crippen molar-refractivity contribution in [1.29, 1.82) is 0 Å². The molecule has 2 aromatic carbocycles. The summed E-state index contributed by atoms with van der Waals surface area (Å²) in [6.45, 7) is 4.65. The minimum atomic E-state index is -3.78. The highest BCUT2D eigenvalue weighted by atomic mass is 32.2. The van der Waals surface area contributed by atoms with Gasteiger partial charge in [0.15, 0.2) is 0 Å². The van der Waals surface area contributed by atoms with E-state index in [9.17, 15) is 13.2 Å². The molecule has 0 heterocycles. The topological polar surface area (TPSA) is 94.2 Å². The lowest BCUT2D eigenvalue weighted by Crippen LogP contribution is -2.31. The molecule has 164 valence electrons. The minimum absolute atomic E-state index is 0.0334. The van der Waals surface area contributed by atoms with Crippen molar-refractivity contribution < 1.29 is 27.4 Å². The molecule has 0 saturated heterocycles. The number of sulfonamides is 1. The standard InChI is InChI=1S/C21H28N2O6S/c1-5-23(6-2)30(25,26)20-14-16(10-11-19(20)28-4)21(24)22-12-13-29-18-9-7-8-17(15-18)27-3/h7-11,14-15H,5-6,12-13H2,1-4H3,(H,22,24). The van der Waals surface area contributed by atoms with Crippen molar-refractivity contribution >= 4 is 15.9 Å². The summed E-state index contributed by atoms with van der Waals surface area (Å²) in [6.07, 6.45) is 0. The Labute approximate surface area is 177 Å². The van der Waals surface area contributed by atoms with Crippen molar-refractivity contribution in [2.24, 2.45) is 0 Å². The number of carbonyl (C=O) groups is 1. The highest BCUT2D eigenvalue weighted by Gasteiger charge is 2.26. The lowest BCUT2D eigenvalue weighted by atomic mass is 10.2. The zero-order valence-corrected chi connectivity index (χ0v) is 18.5. The molecule has 0 aromatic heterocycles. The van der Waals surface area contributed by atoms with Crippen LogP contribution in [0.2, 0.25) is 0 Å². The summed E-state index contributed by atoms with van der Waals surface area (Å²) in [4.78, 5) is 12.5. The molecule has 1 N–H and O–H groups in total. The Bertz CT molecular complexity index is 958. The average molecular weight is 437 g/mol. The van der Waals surface area contributed by atoms with Gasteiger partial charge in [-0.3, -0.25) is 4.79 Å². The molecule has 0 unspecified atom stereocenters. The molecule has 2 rings (SSSR count). The number of ether oxygens (including phenoxy) is 3. The van der Waals surface area contributed by atoms with Gasteiger partial charge >= 0.3 is 0 Å². The molecule has 0 aliphatic rings. The molecule has 0 saturated carbocycles. The SMILES string of the molecule is CCN(CC)S(=O)(=O)c1cc(C(=O)NCCOc2cccc(OC)c2)ccc1OC. The second kappa shape index (κ2) is 10.8. The number of methoxy groups -OCH3 is 2. The van der Waals surface area contributed by atoms with Gasteiger partial charge in [-0.2, -0.15) is 4.31 Å². The molecular weight excluding hydrogens is 408 g/mol. The summed E-state index contributed by atoms with van der Waals surface area (Å²) < 4.78 is 43.1. The Morgan fingerprint density at radius 2 is 1.70 bits per heavy atom. The molecular formula is C21H28N2O6S. The average Bonchev–Trinajstić information content (AvgIpc) is 2.76. The third-order valence-electron chi connectivity index (χ3n) is 4.45. The van der Waals surface area contributed by atoms with Gasteiger partial charge in [0, 0.05) is 24.7 Å². The molecule has 8 nitrogen and oxygen atoms in total. The van der Waals surface area contributed by atoms with Gasteiger partial charge in [0.1, 0.15) is 28.8 Å². The fraction of sp³-hybridized carbons (Fsp3) is 0.381. The Balaban J connectivity index is 2.07. The number of nitrogens with one attached hydrogen (secondary N) is 1. The van der Waals surface area contributed by atoms with Crippen LogP contribution in [0.1, 0.15) is 24.2 Å². The fourth-order valence-corrected chi connectivity index (χ4v) is 4.49. The first-order valence-corrected chi connectivity index (χ1v) is 11.0. The smallest absolute Gasteiger partial charge is 0.251 e. The van der Waals surface area contributed by atoms with Crippen LogP contribution < -0.4 is 19.5 Å². The van der Waals surface area contributed by atoms with Crippen molar-refractivity contribution in [3.05, 3.63) is 48.0 Å². The first kappa shape index (κ1) is 23.5. The van der Waals surface area contributed by atoms with Gasteiger partial charge in [0.25, 0.3) is 5.91 Å². The Morgan fingerprint density at radius 3 is 2.33 bits per heavy atom. The van der Waals surface area contributed by atoms with Crippen LogP contribution in [-0.4, -0.2) is 59.1 Å². The number of nitrogens with zero attached hydrogens (tertiary/aromatic N) is 1. The summed E-state index contributed by atoms with van der Waals surface area (Å²) >= 11 is 0. The number of rotatable bonds is 11. The summed E-state index contributed by atoms with van der Waals surface area (Å²) in [5.74, 6) is 1.10. The largest absolute Gasteiger partial charge is 0.497 e. The molecule has 0 aliphatic carbocycles. The molecule has 9 heteroatoms. The summed E-state index contributed by atoms with van der Waals surface area (Å²) in [5, 5.41) is 2.73. The van der Waals surface area contributed by atoms with Crippen LogP contribution in [0.5, 0.6) is 17.2 Å². The van der Waals surface area contributed by atoms with Crippen LogP contribution in [-0.2, 0) is 10.0 Å². The minimum Gasteiger partial charge on any atom is -0.497 e. The molecule has 0 atom stereocenters. The number of benzene rings is 2. The van der Waals surface area contributed by atoms with Crippen molar-refractivity contribution in [2.75, 3.05) is 40.5 Å². The number of amides is 1. The second-order valence-electron chi connectivity index (χ2n) is 6.24. The van der Waals surface area contributed by atoms with Gasteiger partial charge in [-0.05, 0) is 30.3 Å². The highest BCUT2D eigenvalue weighted by molar-refractivity contribution is 7.89. The number of hydrogen-bond donors (Lipinski definition) is 1. The van der Waals surface area contributed by atoms with Crippen LogP contribution in [0.4, 0.5) is 0 Å². The molecule has 0 radical (unpaired) electrons. The van der Waals surface area contributed by atoms with Crippen molar-refractivity contribution in [3.63, 3.8) is 0 Å². The van der Waals surface area contributed by atoms with Gasteiger partial charge in [0.05, 0.1) is 20.8 Å². The van der Waals surface area contributed by atoms with Crippen LogP contribution in [0.25, 0.3) is 0 Å². The molecule has 0 bridgehead atoms. The summed E-state index contributed by atoms with van der Waals surface area (Å²) in [6, 6.07) is 11.5. The molecule has 1 amide bonds. The third-order valence-corrected chi connectivity index (χ3v) is 6.52. The molecule has 30 heavy (non-hydrogen) atoms. The summed E-state index contributed by atoms with van der Waals surface area (Å²) in [5.41, 5.74) is 0.225. The van der Waals surface area contributed by atoms with E-state index >= 15 is 0 Å². The maximum atomic E-state index is 12.9. The zero-order chi connectivity index (χ0) is 22.1. The zero-order valence-electron chi connectivity index (χ0n) is 17.7. The Kier molecular flexibility index (Phi) is 8.49. The van der Waals surface area contributed by atoms with E-state index in [0.717, 1.165) is 0 Å². The van der Waals surface area contributed by atoms with E-state index < -0.39 is 15.9 Å². The Hall–Kier alpha value is -2.78.